The van der Waals surface area contributed by atoms with Crippen LogP contribution < -0.4 is 0 Å². The topological polar surface area (TPSA) is 43.4 Å². The summed E-state index contributed by atoms with van der Waals surface area (Å²) in [5, 5.41) is 0. The number of rotatable bonds is 5. The van der Waals surface area contributed by atoms with E-state index in [-0.39, 0.29) is 5.97 Å². The zero-order valence-corrected chi connectivity index (χ0v) is 11.9. The van der Waals surface area contributed by atoms with Gasteiger partial charge in [0.1, 0.15) is 0 Å². The van der Waals surface area contributed by atoms with Crippen molar-refractivity contribution in [1.29, 1.82) is 0 Å². The molecule has 4 heteroatoms. The second-order valence-electron chi connectivity index (χ2n) is 4.09. The molecule has 20 heavy (non-hydrogen) atoms. The fourth-order valence-electron chi connectivity index (χ4n) is 1.82. The Labute approximate surface area is 122 Å². The van der Waals surface area contributed by atoms with E-state index >= 15 is 0 Å². The lowest BCUT2D eigenvalue weighted by Crippen LogP contribution is -2.04. The molecule has 0 radical (unpaired) electrons. The third kappa shape index (κ3) is 3.27. The molecule has 0 aliphatic carbocycles. The minimum Gasteiger partial charge on any atom is -0.465 e. The summed E-state index contributed by atoms with van der Waals surface area (Å²) in [5.41, 5.74) is 2.11. The summed E-state index contributed by atoms with van der Waals surface area (Å²) in [6, 6.07) is 14.7. The molecule has 0 aliphatic heterocycles. The van der Waals surface area contributed by atoms with Crippen molar-refractivity contribution >= 4 is 24.0 Å². The maximum Gasteiger partial charge on any atom is 0.338 e. The van der Waals surface area contributed by atoms with Gasteiger partial charge >= 0.3 is 5.97 Å². The molecule has 2 rings (SSSR count). The number of methoxy groups -OCH3 is 1. The number of hydrogen-bond acceptors (Lipinski definition) is 4. The van der Waals surface area contributed by atoms with Gasteiger partial charge in [-0.2, -0.15) is 0 Å². The van der Waals surface area contributed by atoms with E-state index in [1.165, 1.54) is 18.9 Å². The fourth-order valence-corrected chi connectivity index (χ4v) is 2.84. The van der Waals surface area contributed by atoms with Gasteiger partial charge in [0.15, 0.2) is 6.29 Å². The molecule has 0 N–H and O–H groups in total. The van der Waals surface area contributed by atoms with E-state index in [9.17, 15) is 9.59 Å². The van der Waals surface area contributed by atoms with Crippen LogP contribution in [0.2, 0.25) is 0 Å². The van der Waals surface area contributed by atoms with Gasteiger partial charge in [0.2, 0.25) is 0 Å². The maximum absolute atomic E-state index is 11.7. The van der Waals surface area contributed by atoms with Crippen molar-refractivity contribution in [2.45, 2.75) is 10.6 Å². The van der Waals surface area contributed by atoms with Crippen LogP contribution in [-0.4, -0.2) is 19.4 Å². The van der Waals surface area contributed by atoms with Gasteiger partial charge in [-0.25, -0.2) is 4.79 Å². The number of thioether (sulfide) groups is 1. The minimum atomic E-state index is -0.343. The average Bonchev–Trinajstić information content (AvgIpc) is 2.52. The Bertz CT molecular complexity index is 623. The first-order valence-corrected chi connectivity index (χ1v) is 7.08. The number of esters is 1. The minimum absolute atomic E-state index is 0.343. The highest BCUT2D eigenvalue weighted by Crippen LogP contribution is 2.26. The molecule has 0 saturated carbocycles. The van der Waals surface area contributed by atoms with Gasteiger partial charge in [-0.05, 0) is 17.7 Å². The molecule has 0 unspecified atom stereocenters. The molecule has 0 saturated heterocycles. The lowest BCUT2D eigenvalue weighted by molar-refractivity contribution is 0.0599. The summed E-state index contributed by atoms with van der Waals surface area (Å²) in [4.78, 5) is 23.6. The zero-order chi connectivity index (χ0) is 14.4. The predicted molar refractivity (Wildman–Crippen MR) is 79.2 cm³/mol. The molecule has 0 atom stereocenters. The number of aldehydes is 1. The van der Waals surface area contributed by atoms with Gasteiger partial charge in [-0.3, -0.25) is 4.79 Å². The maximum atomic E-state index is 11.7. The van der Waals surface area contributed by atoms with Gasteiger partial charge in [-0.15, -0.1) is 11.8 Å². The Morgan fingerprint density at radius 2 is 1.85 bits per heavy atom. The first-order valence-electron chi connectivity index (χ1n) is 6.09. The number of benzene rings is 2. The summed E-state index contributed by atoms with van der Waals surface area (Å²) in [5.74, 6) is 0.265. The molecule has 0 spiro atoms. The van der Waals surface area contributed by atoms with Gasteiger partial charge in [0.25, 0.3) is 0 Å². The molecule has 2 aromatic carbocycles. The number of ether oxygens (including phenoxy) is 1. The van der Waals surface area contributed by atoms with Crippen molar-refractivity contribution in [2.75, 3.05) is 7.11 Å². The third-order valence-corrected chi connectivity index (χ3v) is 3.99. The van der Waals surface area contributed by atoms with Crippen LogP contribution in [0, 0.1) is 0 Å². The van der Waals surface area contributed by atoms with Crippen LogP contribution in [0.1, 0.15) is 26.3 Å². The van der Waals surface area contributed by atoms with Crippen LogP contribution in [0.15, 0.2) is 53.4 Å². The second-order valence-corrected chi connectivity index (χ2v) is 5.11. The molecule has 3 nitrogen and oxygen atoms in total. The SMILES string of the molecule is COC(=O)c1ccccc1CSc1ccccc1C=O. The Morgan fingerprint density at radius 1 is 1.15 bits per heavy atom. The zero-order valence-electron chi connectivity index (χ0n) is 11.0. The van der Waals surface area contributed by atoms with Crippen molar-refractivity contribution in [2.24, 2.45) is 0 Å². The van der Waals surface area contributed by atoms with Crippen LogP contribution in [0.5, 0.6) is 0 Å². The van der Waals surface area contributed by atoms with E-state index in [4.69, 9.17) is 4.74 Å². The summed E-state index contributed by atoms with van der Waals surface area (Å²) in [6.45, 7) is 0. The number of carbonyl (C=O) groups is 2. The van der Waals surface area contributed by atoms with E-state index in [0.717, 1.165) is 16.7 Å². The average molecular weight is 286 g/mol. The molecule has 0 fully saturated rings. The first-order chi connectivity index (χ1) is 9.76. The van der Waals surface area contributed by atoms with Crippen molar-refractivity contribution < 1.29 is 14.3 Å². The summed E-state index contributed by atoms with van der Waals surface area (Å²) in [6.07, 6.45) is 0.842. The van der Waals surface area contributed by atoms with E-state index in [2.05, 4.69) is 0 Å². The monoisotopic (exact) mass is 286 g/mol. The summed E-state index contributed by atoms with van der Waals surface area (Å²) in [7, 11) is 1.37. The van der Waals surface area contributed by atoms with Crippen LogP contribution >= 0.6 is 11.8 Å². The van der Waals surface area contributed by atoms with Crippen molar-refractivity contribution in [3.8, 4) is 0 Å². The molecule has 0 amide bonds. The van der Waals surface area contributed by atoms with E-state index in [1.807, 2.05) is 30.3 Å². The summed E-state index contributed by atoms with van der Waals surface area (Å²) >= 11 is 1.53. The van der Waals surface area contributed by atoms with E-state index in [1.54, 1.807) is 18.2 Å². The number of hydrogen-bond donors (Lipinski definition) is 0. The van der Waals surface area contributed by atoms with Gasteiger partial charge in [0.05, 0.1) is 12.7 Å². The van der Waals surface area contributed by atoms with Crippen LogP contribution in [0.25, 0.3) is 0 Å². The second kappa shape index (κ2) is 6.91. The highest BCUT2D eigenvalue weighted by molar-refractivity contribution is 7.98. The lowest BCUT2D eigenvalue weighted by Gasteiger charge is -2.08. The fraction of sp³-hybridized carbons (Fsp3) is 0.125. The van der Waals surface area contributed by atoms with Crippen LogP contribution in [-0.2, 0) is 10.5 Å². The highest BCUT2D eigenvalue weighted by atomic mass is 32.2. The van der Waals surface area contributed by atoms with Crippen molar-refractivity contribution in [3.63, 3.8) is 0 Å². The van der Waals surface area contributed by atoms with Crippen molar-refractivity contribution in [1.82, 2.24) is 0 Å². The molecular formula is C16H14O3S. The standard InChI is InChI=1S/C16H14O3S/c1-19-16(18)14-8-4-2-7-13(14)11-20-15-9-5-3-6-12(15)10-17/h2-10H,11H2,1H3. The van der Waals surface area contributed by atoms with Crippen molar-refractivity contribution in [3.05, 3.63) is 65.2 Å². The Kier molecular flexibility index (Phi) is 4.96. The van der Waals surface area contributed by atoms with Gasteiger partial charge in [-0.1, -0.05) is 36.4 Å². The van der Waals surface area contributed by atoms with Crippen LogP contribution in [0.3, 0.4) is 0 Å². The largest absolute Gasteiger partial charge is 0.465 e. The third-order valence-electron chi connectivity index (χ3n) is 2.85. The molecule has 0 heterocycles. The molecule has 2 aromatic rings. The molecule has 0 aromatic heterocycles. The van der Waals surface area contributed by atoms with E-state index in [0.29, 0.717) is 16.9 Å². The summed E-state index contributed by atoms with van der Waals surface area (Å²) < 4.78 is 4.77. The molecule has 0 aliphatic rings. The normalized spacial score (nSPS) is 10.1. The van der Waals surface area contributed by atoms with E-state index < -0.39 is 0 Å². The number of carbonyl (C=O) groups excluding carboxylic acids is 2. The van der Waals surface area contributed by atoms with Gasteiger partial charge in [0, 0.05) is 16.2 Å². The predicted octanol–water partition coefficient (Wildman–Crippen LogP) is 3.58. The molecule has 102 valence electrons. The lowest BCUT2D eigenvalue weighted by atomic mass is 10.1. The molecule has 0 bridgehead atoms. The Morgan fingerprint density at radius 3 is 2.60 bits per heavy atom. The smallest absolute Gasteiger partial charge is 0.338 e. The highest BCUT2D eigenvalue weighted by Gasteiger charge is 2.11. The van der Waals surface area contributed by atoms with Crippen LogP contribution in [0.4, 0.5) is 0 Å². The Hall–Kier alpha value is -2.07. The first kappa shape index (κ1) is 14.3. The Balaban J connectivity index is 2.19. The molecular weight excluding hydrogens is 272 g/mol. The van der Waals surface area contributed by atoms with Gasteiger partial charge < -0.3 is 4.74 Å². The quantitative estimate of drug-likeness (QED) is 0.479.